The minimum atomic E-state index is -3.71. The highest BCUT2D eigenvalue weighted by molar-refractivity contribution is 7.91. The third-order valence-corrected chi connectivity index (χ3v) is 5.89. The first kappa shape index (κ1) is 17.9. The molecule has 120 valence electrons. The van der Waals surface area contributed by atoms with Crippen LogP contribution in [0.4, 0.5) is 10.7 Å². The van der Waals surface area contributed by atoms with Crippen molar-refractivity contribution in [1.29, 1.82) is 0 Å². The van der Waals surface area contributed by atoms with E-state index in [-0.39, 0.29) is 14.9 Å². The number of unbranched alkanes of at least 4 members (excludes halogenated alkanes) is 5. The zero-order chi connectivity index (χ0) is 15.9. The van der Waals surface area contributed by atoms with Crippen molar-refractivity contribution in [2.24, 2.45) is 0 Å². The summed E-state index contributed by atoms with van der Waals surface area (Å²) in [6.07, 6.45) is 6.35. The van der Waals surface area contributed by atoms with Crippen molar-refractivity contribution < 1.29 is 13.3 Å². The fourth-order valence-electron chi connectivity index (χ4n) is 1.83. The summed E-state index contributed by atoms with van der Waals surface area (Å²) < 4.78 is 26.3. The lowest BCUT2D eigenvalue weighted by Gasteiger charge is -2.04. The van der Waals surface area contributed by atoms with E-state index in [0.29, 0.717) is 17.9 Å². The molecule has 0 aromatic carbocycles. The predicted molar refractivity (Wildman–Crippen MR) is 84.0 cm³/mol. The Kier molecular flexibility index (Phi) is 7.06. The quantitative estimate of drug-likeness (QED) is 0.387. The molecule has 9 heteroatoms. The summed E-state index contributed by atoms with van der Waals surface area (Å²) in [5, 5.41) is 10.6. The van der Waals surface area contributed by atoms with E-state index in [9.17, 15) is 18.5 Å². The standard InChI is InChI=1S/C12H21N3O4S2/c1-2-3-4-5-6-7-8-14-21(18,19)11-9-10(15(16)17)12(13)20-11/h9,14H,2-8,13H2,1H3. The molecular weight excluding hydrogens is 314 g/mol. The average molecular weight is 335 g/mol. The van der Waals surface area contributed by atoms with Gasteiger partial charge in [0.05, 0.1) is 4.92 Å². The van der Waals surface area contributed by atoms with Crippen LogP contribution in [0.5, 0.6) is 0 Å². The first-order valence-electron chi connectivity index (χ1n) is 6.92. The normalized spacial score (nSPS) is 11.7. The predicted octanol–water partition coefficient (Wildman–Crippen LogP) is 2.88. The molecule has 0 radical (unpaired) electrons. The van der Waals surface area contributed by atoms with Crippen LogP contribution in [0.15, 0.2) is 10.3 Å². The van der Waals surface area contributed by atoms with Gasteiger partial charge in [0.15, 0.2) is 5.00 Å². The van der Waals surface area contributed by atoms with Crippen molar-refractivity contribution >= 4 is 32.0 Å². The third-order valence-electron chi connectivity index (χ3n) is 3.00. The van der Waals surface area contributed by atoms with E-state index in [1.54, 1.807) is 0 Å². The maximum atomic E-state index is 12.0. The summed E-state index contributed by atoms with van der Waals surface area (Å²) in [5.74, 6) is 0. The third kappa shape index (κ3) is 5.60. The lowest BCUT2D eigenvalue weighted by Crippen LogP contribution is -2.24. The molecule has 1 aromatic rings. The van der Waals surface area contributed by atoms with Crippen LogP contribution in [0.3, 0.4) is 0 Å². The summed E-state index contributed by atoms with van der Waals surface area (Å²) in [7, 11) is -3.71. The second-order valence-electron chi connectivity index (χ2n) is 4.74. The fraction of sp³-hybridized carbons (Fsp3) is 0.667. The van der Waals surface area contributed by atoms with Crippen LogP contribution < -0.4 is 10.5 Å². The summed E-state index contributed by atoms with van der Waals surface area (Å²) in [6, 6.07) is 1.00. The molecule has 21 heavy (non-hydrogen) atoms. The van der Waals surface area contributed by atoms with E-state index in [2.05, 4.69) is 11.6 Å². The van der Waals surface area contributed by atoms with Gasteiger partial charge in [0, 0.05) is 12.6 Å². The van der Waals surface area contributed by atoms with Gasteiger partial charge in [-0.3, -0.25) is 10.1 Å². The Balaban J connectivity index is 2.47. The number of nitrogens with two attached hydrogens (primary N) is 1. The molecule has 0 unspecified atom stereocenters. The number of hydrogen-bond acceptors (Lipinski definition) is 6. The van der Waals surface area contributed by atoms with Crippen molar-refractivity contribution in [3.63, 3.8) is 0 Å². The second kappa shape index (κ2) is 8.30. The monoisotopic (exact) mass is 335 g/mol. The number of nitrogens with zero attached hydrogens (tertiary/aromatic N) is 1. The van der Waals surface area contributed by atoms with E-state index in [1.165, 1.54) is 12.8 Å². The average Bonchev–Trinajstić information content (AvgIpc) is 2.81. The number of sulfonamides is 1. The van der Waals surface area contributed by atoms with Crippen LogP contribution in [0.1, 0.15) is 45.4 Å². The number of anilines is 1. The summed E-state index contributed by atoms with van der Waals surface area (Å²) in [5.41, 5.74) is 5.09. The van der Waals surface area contributed by atoms with Crippen LogP contribution in [0.2, 0.25) is 0 Å². The molecule has 7 nitrogen and oxygen atoms in total. The summed E-state index contributed by atoms with van der Waals surface area (Å²) in [4.78, 5) is 9.98. The highest BCUT2D eigenvalue weighted by Crippen LogP contribution is 2.34. The lowest BCUT2D eigenvalue weighted by molar-refractivity contribution is -0.383. The molecular formula is C12H21N3O4S2. The van der Waals surface area contributed by atoms with Gasteiger partial charge in [0.1, 0.15) is 4.21 Å². The van der Waals surface area contributed by atoms with E-state index >= 15 is 0 Å². The molecule has 0 aliphatic heterocycles. The first-order chi connectivity index (χ1) is 9.88. The largest absolute Gasteiger partial charge is 0.385 e. The van der Waals surface area contributed by atoms with Crippen LogP contribution in [-0.2, 0) is 10.0 Å². The Morgan fingerprint density at radius 3 is 2.48 bits per heavy atom. The summed E-state index contributed by atoms with van der Waals surface area (Å²) in [6.45, 7) is 2.47. The van der Waals surface area contributed by atoms with E-state index in [0.717, 1.165) is 31.7 Å². The van der Waals surface area contributed by atoms with E-state index in [4.69, 9.17) is 5.73 Å². The molecule has 0 spiro atoms. The number of nitro groups is 1. The molecule has 0 aliphatic carbocycles. The Morgan fingerprint density at radius 2 is 1.90 bits per heavy atom. The Labute approximate surface area is 128 Å². The molecule has 0 bridgehead atoms. The molecule has 0 amide bonds. The molecule has 0 aliphatic rings. The maximum Gasteiger partial charge on any atom is 0.304 e. The van der Waals surface area contributed by atoms with Gasteiger partial charge in [0.25, 0.3) is 0 Å². The first-order valence-corrected chi connectivity index (χ1v) is 9.21. The second-order valence-corrected chi connectivity index (χ2v) is 7.82. The van der Waals surface area contributed by atoms with Gasteiger partial charge in [-0.1, -0.05) is 50.4 Å². The van der Waals surface area contributed by atoms with Gasteiger partial charge < -0.3 is 5.73 Å². The van der Waals surface area contributed by atoms with Gasteiger partial charge in [0.2, 0.25) is 10.0 Å². The minimum Gasteiger partial charge on any atom is -0.385 e. The van der Waals surface area contributed by atoms with E-state index in [1.807, 2.05) is 0 Å². The van der Waals surface area contributed by atoms with Crippen molar-refractivity contribution in [2.45, 2.75) is 49.7 Å². The van der Waals surface area contributed by atoms with Gasteiger partial charge >= 0.3 is 5.69 Å². The van der Waals surface area contributed by atoms with Gasteiger partial charge in [-0.2, -0.15) is 0 Å². The van der Waals surface area contributed by atoms with Crippen LogP contribution >= 0.6 is 11.3 Å². The lowest BCUT2D eigenvalue weighted by atomic mass is 10.1. The number of rotatable bonds is 10. The highest BCUT2D eigenvalue weighted by atomic mass is 32.2. The topological polar surface area (TPSA) is 115 Å². The highest BCUT2D eigenvalue weighted by Gasteiger charge is 2.24. The molecule has 0 saturated carbocycles. The number of hydrogen-bond donors (Lipinski definition) is 2. The minimum absolute atomic E-state index is 0.0973. The summed E-state index contributed by atoms with van der Waals surface area (Å²) >= 11 is 0.710. The van der Waals surface area contributed by atoms with Gasteiger partial charge in [-0.25, -0.2) is 13.1 Å². The zero-order valence-corrected chi connectivity index (χ0v) is 13.6. The number of nitrogen functional groups attached to an aromatic ring is 1. The maximum absolute atomic E-state index is 12.0. The number of thiophene rings is 1. The Bertz CT molecular complexity index is 569. The van der Waals surface area contributed by atoms with Crippen LogP contribution in [0, 0.1) is 10.1 Å². The molecule has 0 saturated heterocycles. The molecule has 0 atom stereocenters. The van der Waals surface area contributed by atoms with Crippen molar-refractivity contribution in [1.82, 2.24) is 4.72 Å². The fourth-order valence-corrected chi connectivity index (χ4v) is 4.16. The van der Waals surface area contributed by atoms with E-state index < -0.39 is 14.9 Å². The van der Waals surface area contributed by atoms with Gasteiger partial charge in [-0.05, 0) is 6.42 Å². The van der Waals surface area contributed by atoms with Crippen molar-refractivity contribution in [3.8, 4) is 0 Å². The van der Waals surface area contributed by atoms with Crippen LogP contribution in [0.25, 0.3) is 0 Å². The molecule has 1 heterocycles. The SMILES string of the molecule is CCCCCCCCNS(=O)(=O)c1cc([N+](=O)[O-])c(N)s1. The zero-order valence-electron chi connectivity index (χ0n) is 12.0. The molecule has 3 N–H and O–H groups in total. The van der Waals surface area contributed by atoms with Crippen molar-refractivity contribution in [2.75, 3.05) is 12.3 Å². The Morgan fingerprint density at radius 1 is 1.29 bits per heavy atom. The van der Waals surface area contributed by atoms with Crippen LogP contribution in [-0.4, -0.2) is 19.9 Å². The molecule has 1 rings (SSSR count). The Hall–Kier alpha value is -1.19. The smallest absolute Gasteiger partial charge is 0.304 e. The van der Waals surface area contributed by atoms with Crippen molar-refractivity contribution in [3.05, 3.63) is 16.2 Å². The van der Waals surface area contributed by atoms with Gasteiger partial charge in [-0.15, -0.1) is 0 Å². The molecule has 1 aromatic heterocycles. The molecule has 0 fully saturated rings. The number of nitrogens with one attached hydrogen (secondary N) is 1.